The molecule has 2 fully saturated rings. The molecule has 1 amide bonds. The van der Waals surface area contributed by atoms with E-state index in [9.17, 15) is 4.79 Å². The van der Waals surface area contributed by atoms with Crippen molar-refractivity contribution in [2.75, 3.05) is 13.2 Å². The number of nitrogens with one attached hydrogen (secondary N) is 1. The lowest BCUT2D eigenvalue weighted by molar-refractivity contribution is -0.135. The van der Waals surface area contributed by atoms with Crippen LogP contribution in [-0.2, 0) is 9.53 Å². The van der Waals surface area contributed by atoms with Gasteiger partial charge in [-0.05, 0) is 44.4 Å². The molecule has 1 N–H and O–H groups in total. The maximum atomic E-state index is 11.8. The molecule has 1 aliphatic heterocycles. The average Bonchev–Trinajstić information content (AvgIpc) is 2.73. The molecule has 92 valence electrons. The van der Waals surface area contributed by atoms with E-state index in [1.807, 2.05) is 0 Å². The van der Waals surface area contributed by atoms with Gasteiger partial charge in [0.1, 0.15) is 6.10 Å². The van der Waals surface area contributed by atoms with E-state index < -0.39 is 0 Å². The molecule has 3 unspecified atom stereocenters. The maximum Gasteiger partial charge on any atom is 0.249 e. The first-order valence-electron chi connectivity index (χ1n) is 6.29. The Balaban J connectivity index is 1.66. The summed E-state index contributed by atoms with van der Waals surface area (Å²) in [6, 6.07) is 0. The molecule has 0 aromatic rings. The van der Waals surface area contributed by atoms with Crippen LogP contribution in [0.5, 0.6) is 0 Å². The summed E-state index contributed by atoms with van der Waals surface area (Å²) < 4.78 is 5.45. The first kappa shape index (κ1) is 12.4. The number of hydrogen-bond donors (Lipinski definition) is 1. The minimum Gasteiger partial charge on any atom is -0.368 e. The second kappa shape index (κ2) is 6.01. The molecule has 1 saturated carbocycles. The number of amides is 1. The van der Waals surface area contributed by atoms with Crippen LogP contribution in [0.15, 0.2) is 0 Å². The smallest absolute Gasteiger partial charge is 0.249 e. The van der Waals surface area contributed by atoms with Gasteiger partial charge in [-0.2, -0.15) is 0 Å². The zero-order valence-electron chi connectivity index (χ0n) is 9.58. The van der Waals surface area contributed by atoms with Crippen molar-refractivity contribution in [1.29, 1.82) is 0 Å². The van der Waals surface area contributed by atoms with Gasteiger partial charge in [0.05, 0.1) is 0 Å². The van der Waals surface area contributed by atoms with E-state index in [0.717, 1.165) is 32.4 Å². The van der Waals surface area contributed by atoms with Gasteiger partial charge >= 0.3 is 0 Å². The fourth-order valence-corrected chi connectivity index (χ4v) is 3.30. The van der Waals surface area contributed by atoms with E-state index in [1.165, 1.54) is 19.3 Å². The first-order chi connectivity index (χ1) is 7.75. The van der Waals surface area contributed by atoms with Crippen LogP contribution in [-0.4, -0.2) is 30.0 Å². The minimum absolute atomic E-state index is 0.0951. The molecule has 0 spiro atoms. The normalized spacial score (nSPS) is 34.9. The van der Waals surface area contributed by atoms with Crippen LogP contribution in [0.3, 0.4) is 0 Å². The summed E-state index contributed by atoms with van der Waals surface area (Å²) in [5.74, 6) is 0.745. The predicted molar refractivity (Wildman–Crippen MR) is 66.7 cm³/mol. The average molecular weight is 290 g/mol. The molecular weight excluding hydrogens is 270 g/mol. The van der Waals surface area contributed by atoms with Crippen LogP contribution in [0.25, 0.3) is 0 Å². The van der Waals surface area contributed by atoms with Gasteiger partial charge in [0, 0.05) is 18.0 Å². The summed E-state index contributed by atoms with van der Waals surface area (Å²) in [6.07, 6.45) is 6.56. The third-order valence-electron chi connectivity index (χ3n) is 3.51. The molecule has 2 rings (SSSR count). The van der Waals surface area contributed by atoms with Gasteiger partial charge in [-0.15, -0.1) is 0 Å². The molecule has 3 atom stereocenters. The Morgan fingerprint density at radius 2 is 2.19 bits per heavy atom. The van der Waals surface area contributed by atoms with Gasteiger partial charge in [0.25, 0.3) is 0 Å². The summed E-state index contributed by atoms with van der Waals surface area (Å²) in [5.41, 5.74) is 0. The summed E-state index contributed by atoms with van der Waals surface area (Å²) in [5, 5.41) is 3.03. The van der Waals surface area contributed by atoms with Gasteiger partial charge in [-0.3, -0.25) is 4.79 Å². The molecule has 0 aromatic heterocycles. The highest BCUT2D eigenvalue weighted by molar-refractivity contribution is 9.09. The molecule has 1 heterocycles. The lowest BCUT2D eigenvalue weighted by Gasteiger charge is -2.22. The summed E-state index contributed by atoms with van der Waals surface area (Å²) in [6.45, 7) is 1.56. The molecule has 1 aliphatic carbocycles. The fraction of sp³-hybridized carbons (Fsp3) is 0.917. The zero-order valence-corrected chi connectivity index (χ0v) is 11.2. The van der Waals surface area contributed by atoms with Gasteiger partial charge in [-0.1, -0.05) is 15.9 Å². The van der Waals surface area contributed by atoms with Gasteiger partial charge in [-0.25, -0.2) is 0 Å². The van der Waals surface area contributed by atoms with Crippen molar-refractivity contribution in [3.8, 4) is 0 Å². The van der Waals surface area contributed by atoms with Crippen LogP contribution >= 0.6 is 15.9 Å². The van der Waals surface area contributed by atoms with Crippen molar-refractivity contribution in [2.45, 2.75) is 49.5 Å². The van der Waals surface area contributed by atoms with E-state index in [-0.39, 0.29) is 12.0 Å². The standard InChI is InChI=1S/C12H20BrNO2/c13-10-5-4-9(7-10)8-14-12(15)11-3-1-2-6-16-11/h9-11H,1-8H2,(H,14,15). The number of rotatable bonds is 3. The highest BCUT2D eigenvalue weighted by Crippen LogP contribution is 2.30. The predicted octanol–water partition coefficient (Wildman–Crippen LogP) is 2.24. The Morgan fingerprint density at radius 3 is 2.81 bits per heavy atom. The third kappa shape index (κ3) is 3.45. The highest BCUT2D eigenvalue weighted by Gasteiger charge is 2.25. The molecule has 1 saturated heterocycles. The fourth-order valence-electron chi connectivity index (χ4n) is 2.51. The first-order valence-corrected chi connectivity index (χ1v) is 7.20. The molecule has 0 aromatic carbocycles. The monoisotopic (exact) mass is 289 g/mol. The van der Waals surface area contributed by atoms with Crippen molar-refractivity contribution in [3.05, 3.63) is 0 Å². The number of ether oxygens (including phenoxy) is 1. The van der Waals surface area contributed by atoms with E-state index >= 15 is 0 Å². The molecule has 16 heavy (non-hydrogen) atoms. The van der Waals surface area contributed by atoms with Crippen molar-refractivity contribution >= 4 is 21.8 Å². The number of carbonyl (C=O) groups excluding carboxylic acids is 1. The van der Waals surface area contributed by atoms with E-state index in [2.05, 4.69) is 21.2 Å². The molecular formula is C12H20BrNO2. The Hall–Kier alpha value is -0.0900. The Morgan fingerprint density at radius 1 is 1.31 bits per heavy atom. The van der Waals surface area contributed by atoms with Crippen molar-refractivity contribution in [3.63, 3.8) is 0 Å². The Bertz CT molecular complexity index is 241. The van der Waals surface area contributed by atoms with Crippen molar-refractivity contribution in [2.24, 2.45) is 5.92 Å². The molecule has 3 nitrogen and oxygen atoms in total. The molecule has 0 bridgehead atoms. The highest BCUT2D eigenvalue weighted by atomic mass is 79.9. The molecule has 0 radical (unpaired) electrons. The number of alkyl halides is 1. The largest absolute Gasteiger partial charge is 0.368 e. The molecule has 4 heteroatoms. The Labute approximate surface area is 105 Å². The van der Waals surface area contributed by atoms with Gasteiger partial charge < -0.3 is 10.1 Å². The minimum atomic E-state index is -0.185. The number of hydrogen-bond acceptors (Lipinski definition) is 2. The molecule has 2 aliphatic rings. The number of carbonyl (C=O) groups is 1. The summed E-state index contributed by atoms with van der Waals surface area (Å²) >= 11 is 3.62. The van der Waals surface area contributed by atoms with Gasteiger partial charge in [0.2, 0.25) is 5.91 Å². The quantitative estimate of drug-likeness (QED) is 0.810. The third-order valence-corrected chi connectivity index (χ3v) is 4.35. The summed E-state index contributed by atoms with van der Waals surface area (Å²) in [4.78, 5) is 12.4. The van der Waals surface area contributed by atoms with Crippen molar-refractivity contribution < 1.29 is 9.53 Å². The SMILES string of the molecule is O=C(NCC1CCC(Br)C1)C1CCCCO1. The topological polar surface area (TPSA) is 38.3 Å². The van der Waals surface area contributed by atoms with Crippen LogP contribution in [0.4, 0.5) is 0 Å². The second-order valence-corrected chi connectivity index (χ2v) is 6.17. The van der Waals surface area contributed by atoms with Gasteiger partial charge in [0.15, 0.2) is 0 Å². The number of halogens is 1. The lowest BCUT2D eigenvalue weighted by Crippen LogP contribution is -2.40. The lowest BCUT2D eigenvalue weighted by atomic mass is 10.1. The zero-order chi connectivity index (χ0) is 11.4. The Kier molecular flexibility index (Phi) is 4.65. The van der Waals surface area contributed by atoms with Crippen LogP contribution in [0.2, 0.25) is 0 Å². The van der Waals surface area contributed by atoms with Crippen LogP contribution in [0.1, 0.15) is 38.5 Å². The second-order valence-electron chi connectivity index (χ2n) is 4.88. The van der Waals surface area contributed by atoms with E-state index in [0.29, 0.717) is 10.7 Å². The van der Waals surface area contributed by atoms with Crippen molar-refractivity contribution in [1.82, 2.24) is 5.32 Å². The summed E-state index contributed by atoms with van der Waals surface area (Å²) in [7, 11) is 0. The van der Waals surface area contributed by atoms with E-state index in [1.54, 1.807) is 0 Å². The van der Waals surface area contributed by atoms with E-state index in [4.69, 9.17) is 4.74 Å². The maximum absolute atomic E-state index is 11.8. The van der Waals surface area contributed by atoms with Crippen LogP contribution in [0, 0.1) is 5.92 Å². The van der Waals surface area contributed by atoms with Crippen LogP contribution < -0.4 is 5.32 Å².